The zero-order chi connectivity index (χ0) is 15.4. The summed E-state index contributed by atoms with van der Waals surface area (Å²) in [5, 5.41) is 14.2. The number of rotatable bonds is 5. The Morgan fingerprint density at radius 2 is 2.14 bits per heavy atom. The van der Waals surface area contributed by atoms with Crippen LogP contribution in [0, 0.1) is 10.1 Å². The number of nitro groups is 1. The first-order chi connectivity index (χ1) is 10.0. The van der Waals surface area contributed by atoms with E-state index in [2.05, 4.69) is 26.2 Å². The molecular weight excluding hydrogens is 338 g/mol. The maximum atomic E-state index is 11.1. The molecule has 0 spiro atoms. The van der Waals surface area contributed by atoms with Crippen molar-refractivity contribution in [1.29, 1.82) is 0 Å². The third-order valence-corrected chi connectivity index (χ3v) is 3.67. The molecule has 2 aromatic rings. The van der Waals surface area contributed by atoms with Crippen LogP contribution in [0.5, 0.6) is 11.6 Å². The van der Waals surface area contributed by atoms with E-state index >= 15 is 0 Å². The second-order valence-corrected chi connectivity index (χ2v) is 5.21. The molecule has 1 atom stereocenters. The van der Waals surface area contributed by atoms with Crippen molar-refractivity contribution >= 4 is 21.6 Å². The van der Waals surface area contributed by atoms with Crippen molar-refractivity contribution < 1.29 is 9.66 Å². The zero-order valence-corrected chi connectivity index (χ0v) is 13.1. The third-order valence-electron chi connectivity index (χ3n) is 3.04. The Morgan fingerprint density at radius 3 is 2.81 bits per heavy atom. The number of hydrogen-bond acceptors (Lipinski definition) is 5. The van der Waals surface area contributed by atoms with Crippen molar-refractivity contribution in [3.8, 4) is 11.6 Å². The molecule has 0 amide bonds. The van der Waals surface area contributed by atoms with Gasteiger partial charge in [0.05, 0.1) is 9.40 Å². The van der Waals surface area contributed by atoms with Gasteiger partial charge in [0, 0.05) is 23.9 Å². The van der Waals surface area contributed by atoms with E-state index in [1.54, 1.807) is 24.4 Å². The lowest BCUT2D eigenvalue weighted by Crippen LogP contribution is -2.13. The van der Waals surface area contributed by atoms with Crippen molar-refractivity contribution in [3.05, 3.63) is 56.7 Å². The van der Waals surface area contributed by atoms with Gasteiger partial charge in [-0.25, -0.2) is 4.98 Å². The summed E-state index contributed by atoms with van der Waals surface area (Å²) < 4.78 is 6.22. The SMILES string of the molecule is CNC(C)c1cccnc1Oc1c(Br)cccc1[N+](=O)[O-]. The van der Waals surface area contributed by atoms with Gasteiger partial charge in [0.25, 0.3) is 0 Å². The maximum Gasteiger partial charge on any atom is 0.312 e. The molecule has 110 valence electrons. The van der Waals surface area contributed by atoms with Crippen LogP contribution in [-0.2, 0) is 0 Å². The van der Waals surface area contributed by atoms with E-state index in [1.165, 1.54) is 6.07 Å². The van der Waals surface area contributed by atoms with Crippen LogP contribution in [0.15, 0.2) is 41.0 Å². The second kappa shape index (κ2) is 6.64. The number of halogens is 1. The van der Waals surface area contributed by atoms with Crippen molar-refractivity contribution in [2.45, 2.75) is 13.0 Å². The molecule has 1 aromatic heterocycles. The Balaban J connectivity index is 2.46. The predicted octanol–water partition coefficient (Wildman–Crippen LogP) is 3.83. The molecule has 0 fully saturated rings. The molecule has 0 saturated carbocycles. The van der Waals surface area contributed by atoms with E-state index < -0.39 is 4.92 Å². The van der Waals surface area contributed by atoms with Gasteiger partial charge in [-0.1, -0.05) is 12.1 Å². The quantitative estimate of drug-likeness (QED) is 0.654. The first-order valence-corrected chi connectivity index (χ1v) is 7.06. The van der Waals surface area contributed by atoms with Gasteiger partial charge in [-0.15, -0.1) is 0 Å². The molecule has 1 aromatic carbocycles. The van der Waals surface area contributed by atoms with Crippen LogP contribution in [0.1, 0.15) is 18.5 Å². The summed E-state index contributed by atoms with van der Waals surface area (Å²) in [7, 11) is 1.82. The van der Waals surface area contributed by atoms with Gasteiger partial charge in [0.15, 0.2) is 0 Å². The minimum atomic E-state index is -0.482. The topological polar surface area (TPSA) is 77.3 Å². The number of hydrogen-bond donors (Lipinski definition) is 1. The molecule has 0 bridgehead atoms. The summed E-state index contributed by atoms with van der Waals surface area (Å²) in [6.07, 6.45) is 1.59. The first-order valence-electron chi connectivity index (χ1n) is 6.27. The lowest BCUT2D eigenvalue weighted by molar-refractivity contribution is -0.385. The van der Waals surface area contributed by atoms with Gasteiger partial charge in [0.2, 0.25) is 11.6 Å². The fraction of sp³-hybridized carbons (Fsp3) is 0.214. The van der Waals surface area contributed by atoms with Crippen LogP contribution < -0.4 is 10.1 Å². The van der Waals surface area contributed by atoms with Crippen LogP contribution in [0.25, 0.3) is 0 Å². The number of nitrogens with one attached hydrogen (secondary N) is 1. The highest BCUT2D eigenvalue weighted by Crippen LogP contribution is 2.38. The van der Waals surface area contributed by atoms with Gasteiger partial charge in [-0.2, -0.15) is 0 Å². The Bertz CT molecular complexity index is 664. The average molecular weight is 352 g/mol. The highest BCUT2D eigenvalue weighted by molar-refractivity contribution is 9.10. The summed E-state index contributed by atoms with van der Waals surface area (Å²) in [6, 6.07) is 8.34. The van der Waals surface area contributed by atoms with Gasteiger partial charge >= 0.3 is 5.69 Å². The lowest BCUT2D eigenvalue weighted by atomic mass is 10.1. The van der Waals surface area contributed by atoms with Gasteiger partial charge in [-0.05, 0) is 42.0 Å². The van der Waals surface area contributed by atoms with Crippen molar-refractivity contribution in [1.82, 2.24) is 10.3 Å². The van der Waals surface area contributed by atoms with E-state index in [-0.39, 0.29) is 17.5 Å². The molecule has 0 aliphatic rings. The van der Waals surface area contributed by atoms with Gasteiger partial charge in [0.1, 0.15) is 0 Å². The normalized spacial score (nSPS) is 12.0. The number of benzene rings is 1. The summed E-state index contributed by atoms with van der Waals surface area (Å²) in [5.41, 5.74) is 0.711. The Hall–Kier alpha value is -1.99. The summed E-state index contributed by atoms with van der Waals surface area (Å²) >= 11 is 3.28. The first kappa shape index (κ1) is 15.4. The van der Waals surface area contributed by atoms with E-state index in [0.717, 1.165) is 5.56 Å². The summed E-state index contributed by atoms with van der Waals surface area (Å²) in [5.74, 6) is 0.486. The molecule has 6 nitrogen and oxygen atoms in total. The van der Waals surface area contributed by atoms with Crippen LogP contribution >= 0.6 is 15.9 Å². The number of nitro benzene ring substituents is 1. The monoisotopic (exact) mass is 351 g/mol. The lowest BCUT2D eigenvalue weighted by Gasteiger charge is -2.15. The third kappa shape index (κ3) is 3.37. The second-order valence-electron chi connectivity index (χ2n) is 4.36. The molecule has 1 N–H and O–H groups in total. The minimum Gasteiger partial charge on any atom is -0.430 e. The van der Waals surface area contributed by atoms with E-state index in [9.17, 15) is 10.1 Å². The van der Waals surface area contributed by atoms with Crippen LogP contribution in [0.3, 0.4) is 0 Å². The number of para-hydroxylation sites is 1. The Kier molecular flexibility index (Phi) is 4.87. The van der Waals surface area contributed by atoms with Crippen LogP contribution in [0.2, 0.25) is 0 Å². The van der Waals surface area contributed by atoms with Crippen molar-refractivity contribution in [2.75, 3.05) is 7.05 Å². The molecule has 1 heterocycles. The fourth-order valence-corrected chi connectivity index (χ4v) is 2.25. The predicted molar refractivity (Wildman–Crippen MR) is 82.6 cm³/mol. The van der Waals surface area contributed by atoms with Crippen molar-refractivity contribution in [2.24, 2.45) is 0 Å². The smallest absolute Gasteiger partial charge is 0.312 e. The molecular formula is C14H14BrN3O3. The highest BCUT2D eigenvalue weighted by Gasteiger charge is 2.21. The number of nitrogens with zero attached hydrogens (tertiary/aromatic N) is 2. The maximum absolute atomic E-state index is 11.1. The average Bonchev–Trinajstić information content (AvgIpc) is 2.48. The molecule has 0 aliphatic carbocycles. The van der Waals surface area contributed by atoms with Crippen molar-refractivity contribution in [3.63, 3.8) is 0 Å². The Morgan fingerprint density at radius 1 is 1.38 bits per heavy atom. The molecule has 21 heavy (non-hydrogen) atoms. The molecule has 0 aliphatic heterocycles. The number of pyridine rings is 1. The van der Waals surface area contributed by atoms with Crippen LogP contribution in [-0.4, -0.2) is 17.0 Å². The largest absolute Gasteiger partial charge is 0.430 e. The number of ether oxygens (including phenoxy) is 1. The fourth-order valence-electron chi connectivity index (χ4n) is 1.81. The van der Waals surface area contributed by atoms with Gasteiger partial charge < -0.3 is 10.1 Å². The molecule has 7 heteroatoms. The standard InChI is InChI=1S/C14H14BrN3O3/c1-9(16-2)10-5-4-8-17-14(10)21-13-11(15)6-3-7-12(13)18(19)20/h3-9,16H,1-2H3. The minimum absolute atomic E-state index is 0.00949. The Labute approximate surface area is 130 Å². The number of aromatic nitrogens is 1. The molecule has 1 unspecified atom stereocenters. The molecule has 0 saturated heterocycles. The molecule has 0 radical (unpaired) electrons. The van der Waals surface area contributed by atoms with E-state index in [1.807, 2.05) is 20.0 Å². The zero-order valence-electron chi connectivity index (χ0n) is 11.5. The van der Waals surface area contributed by atoms with Crippen LogP contribution in [0.4, 0.5) is 5.69 Å². The highest BCUT2D eigenvalue weighted by atomic mass is 79.9. The molecule has 2 rings (SSSR count). The van der Waals surface area contributed by atoms with E-state index in [0.29, 0.717) is 10.4 Å². The van der Waals surface area contributed by atoms with E-state index in [4.69, 9.17) is 4.74 Å². The summed E-state index contributed by atoms with van der Waals surface area (Å²) in [4.78, 5) is 14.8. The van der Waals surface area contributed by atoms with Gasteiger partial charge in [-0.3, -0.25) is 10.1 Å². The summed E-state index contributed by atoms with van der Waals surface area (Å²) in [6.45, 7) is 1.96.